The van der Waals surface area contributed by atoms with Crippen LogP contribution in [0.5, 0.6) is 11.5 Å². The van der Waals surface area contributed by atoms with Crippen molar-refractivity contribution in [2.45, 2.75) is 13.8 Å². The molecule has 1 fully saturated rings. The van der Waals surface area contributed by atoms with E-state index in [1.165, 1.54) is 11.8 Å². The third-order valence-corrected chi connectivity index (χ3v) is 5.13. The van der Waals surface area contributed by atoms with E-state index in [9.17, 15) is 4.79 Å². The summed E-state index contributed by atoms with van der Waals surface area (Å²) in [7, 11) is 3.20. The van der Waals surface area contributed by atoms with Crippen LogP contribution in [0.25, 0.3) is 6.08 Å². The molecule has 0 aliphatic carbocycles. The van der Waals surface area contributed by atoms with Crippen molar-refractivity contribution in [3.63, 3.8) is 0 Å². The molecular weight excluding hydrogens is 372 g/mol. The van der Waals surface area contributed by atoms with Crippen molar-refractivity contribution in [1.29, 1.82) is 0 Å². The van der Waals surface area contributed by atoms with Gasteiger partial charge in [-0.2, -0.15) is 0 Å². The average Bonchev–Trinajstić information content (AvgIpc) is 2.97. The van der Waals surface area contributed by atoms with E-state index >= 15 is 0 Å². The maximum atomic E-state index is 13.0. The number of carbonyl (C=O) groups excluding carboxylic acids is 1. The highest BCUT2D eigenvalue weighted by atomic mass is 32.2. The second-order valence-electron chi connectivity index (χ2n) is 6.76. The monoisotopic (exact) mass is 396 g/mol. The first kappa shape index (κ1) is 20.0. The number of amidine groups is 1. The molecule has 28 heavy (non-hydrogen) atoms. The van der Waals surface area contributed by atoms with E-state index < -0.39 is 0 Å². The summed E-state index contributed by atoms with van der Waals surface area (Å²) in [5.74, 6) is 1.60. The summed E-state index contributed by atoms with van der Waals surface area (Å²) in [4.78, 5) is 20.1. The Bertz CT molecular complexity index is 907. The second kappa shape index (κ2) is 8.97. The Hall–Kier alpha value is -2.73. The molecule has 1 aliphatic heterocycles. The molecule has 1 amide bonds. The maximum absolute atomic E-state index is 13.0. The van der Waals surface area contributed by atoms with Crippen LogP contribution in [0.3, 0.4) is 0 Å². The third-order valence-electron chi connectivity index (χ3n) is 4.12. The molecule has 0 unspecified atom stereocenters. The molecule has 2 aromatic rings. The van der Waals surface area contributed by atoms with E-state index in [0.717, 1.165) is 11.3 Å². The lowest BCUT2D eigenvalue weighted by Crippen LogP contribution is -2.32. The molecule has 0 atom stereocenters. The molecule has 1 heterocycles. The van der Waals surface area contributed by atoms with E-state index in [0.29, 0.717) is 34.0 Å². The first-order chi connectivity index (χ1) is 13.5. The zero-order valence-corrected chi connectivity index (χ0v) is 17.3. The number of benzene rings is 2. The van der Waals surface area contributed by atoms with Gasteiger partial charge >= 0.3 is 0 Å². The minimum absolute atomic E-state index is 0.0248. The van der Waals surface area contributed by atoms with Crippen LogP contribution in [0.15, 0.2) is 58.4 Å². The van der Waals surface area contributed by atoms with Crippen LogP contribution in [-0.2, 0) is 4.79 Å². The molecule has 0 radical (unpaired) electrons. The van der Waals surface area contributed by atoms with Crippen molar-refractivity contribution >= 4 is 34.6 Å². The number of methoxy groups -OCH3 is 2. The normalized spacial score (nSPS) is 17.0. The van der Waals surface area contributed by atoms with Gasteiger partial charge in [0.15, 0.2) is 16.7 Å². The lowest BCUT2D eigenvalue weighted by molar-refractivity contribution is -0.122. The van der Waals surface area contributed by atoms with Crippen LogP contribution in [0.1, 0.15) is 19.4 Å². The number of hydrogen-bond donors (Lipinski definition) is 0. The van der Waals surface area contributed by atoms with Gasteiger partial charge in [-0.25, -0.2) is 4.99 Å². The van der Waals surface area contributed by atoms with Crippen LogP contribution in [0.4, 0.5) is 5.69 Å². The Kier molecular flexibility index (Phi) is 6.41. The highest BCUT2D eigenvalue weighted by molar-refractivity contribution is 8.18. The number of nitrogens with zero attached hydrogens (tertiary/aromatic N) is 2. The predicted octanol–water partition coefficient (Wildman–Crippen LogP) is 4.96. The summed E-state index contributed by atoms with van der Waals surface area (Å²) in [6.07, 6.45) is 1.87. The van der Waals surface area contributed by atoms with Gasteiger partial charge in [0.05, 0.1) is 24.8 Å². The largest absolute Gasteiger partial charge is 0.493 e. The maximum Gasteiger partial charge on any atom is 0.266 e. The quantitative estimate of drug-likeness (QED) is 0.647. The smallest absolute Gasteiger partial charge is 0.266 e. The van der Waals surface area contributed by atoms with Crippen molar-refractivity contribution in [2.24, 2.45) is 10.9 Å². The minimum Gasteiger partial charge on any atom is -0.493 e. The molecule has 0 bridgehead atoms. The zero-order chi connectivity index (χ0) is 20.1. The van der Waals surface area contributed by atoms with Gasteiger partial charge < -0.3 is 9.47 Å². The summed E-state index contributed by atoms with van der Waals surface area (Å²) >= 11 is 1.40. The molecule has 0 N–H and O–H groups in total. The number of carbonyl (C=O) groups is 1. The topological polar surface area (TPSA) is 51.1 Å². The summed E-state index contributed by atoms with van der Waals surface area (Å²) in [6, 6.07) is 15.3. The van der Waals surface area contributed by atoms with Gasteiger partial charge in [0.1, 0.15) is 0 Å². The molecule has 0 saturated carbocycles. The van der Waals surface area contributed by atoms with E-state index in [1.54, 1.807) is 19.1 Å². The highest BCUT2D eigenvalue weighted by Gasteiger charge is 2.33. The van der Waals surface area contributed by atoms with Gasteiger partial charge in [-0.15, -0.1) is 0 Å². The fourth-order valence-corrected chi connectivity index (χ4v) is 3.83. The van der Waals surface area contributed by atoms with Crippen LogP contribution >= 0.6 is 11.8 Å². The molecule has 6 heteroatoms. The first-order valence-corrected chi connectivity index (χ1v) is 9.90. The van der Waals surface area contributed by atoms with Gasteiger partial charge in [-0.3, -0.25) is 9.69 Å². The molecule has 1 aliphatic rings. The number of amides is 1. The molecule has 2 aromatic carbocycles. The van der Waals surface area contributed by atoms with E-state index in [-0.39, 0.29) is 5.91 Å². The van der Waals surface area contributed by atoms with Gasteiger partial charge in [0.2, 0.25) is 0 Å². The Balaban J connectivity index is 1.95. The van der Waals surface area contributed by atoms with Crippen LogP contribution in [0.2, 0.25) is 0 Å². The van der Waals surface area contributed by atoms with Crippen molar-refractivity contribution in [1.82, 2.24) is 4.90 Å². The lowest BCUT2D eigenvalue weighted by Gasteiger charge is -2.17. The summed E-state index contributed by atoms with van der Waals surface area (Å²) in [5.41, 5.74) is 1.71. The summed E-state index contributed by atoms with van der Waals surface area (Å²) in [6.45, 7) is 4.81. The van der Waals surface area contributed by atoms with Crippen molar-refractivity contribution in [2.75, 3.05) is 20.8 Å². The molecule has 3 rings (SSSR count). The summed E-state index contributed by atoms with van der Waals surface area (Å²) in [5, 5.41) is 0.705. The summed E-state index contributed by atoms with van der Waals surface area (Å²) < 4.78 is 10.6. The van der Waals surface area contributed by atoms with Gasteiger partial charge in [-0.05, 0) is 53.6 Å². The average molecular weight is 397 g/mol. The fraction of sp³-hybridized carbons (Fsp3) is 0.273. The SMILES string of the molecule is COc1ccc(/C=C2/SC(=Nc3ccccc3)N(CC(C)C)C2=O)cc1OC. The highest BCUT2D eigenvalue weighted by Crippen LogP contribution is 2.36. The van der Waals surface area contributed by atoms with Crippen LogP contribution in [0, 0.1) is 5.92 Å². The van der Waals surface area contributed by atoms with Crippen molar-refractivity contribution in [3.05, 3.63) is 59.0 Å². The van der Waals surface area contributed by atoms with E-state index in [1.807, 2.05) is 54.6 Å². The van der Waals surface area contributed by atoms with Gasteiger partial charge in [0.25, 0.3) is 5.91 Å². The lowest BCUT2D eigenvalue weighted by atomic mass is 10.1. The second-order valence-corrected chi connectivity index (χ2v) is 7.77. The van der Waals surface area contributed by atoms with Gasteiger partial charge in [-0.1, -0.05) is 38.1 Å². The molecule has 5 nitrogen and oxygen atoms in total. The number of hydrogen-bond acceptors (Lipinski definition) is 5. The van der Waals surface area contributed by atoms with Gasteiger partial charge in [0, 0.05) is 6.54 Å². The molecule has 0 spiro atoms. The van der Waals surface area contributed by atoms with Crippen LogP contribution in [-0.4, -0.2) is 36.7 Å². The Labute approximate surface area is 170 Å². The molecular formula is C22H24N2O3S. The minimum atomic E-state index is -0.0248. The number of ether oxygens (including phenoxy) is 2. The Morgan fingerprint density at radius 2 is 1.79 bits per heavy atom. The predicted molar refractivity (Wildman–Crippen MR) is 115 cm³/mol. The van der Waals surface area contributed by atoms with Crippen molar-refractivity contribution < 1.29 is 14.3 Å². The third kappa shape index (κ3) is 4.57. The Morgan fingerprint density at radius 1 is 1.07 bits per heavy atom. The number of para-hydroxylation sites is 1. The van der Waals surface area contributed by atoms with Crippen LogP contribution < -0.4 is 9.47 Å². The number of thioether (sulfide) groups is 1. The molecule has 1 saturated heterocycles. The molecule has 0 aromatic heterocycles. The zero-order valence-electron chi connectivity index (χ0n) is 16.5. The van der Waals surface area contributed by atoms with Crippen molar-refractivity contribution in [3.8, 4) is 11.5 Å². The Morgan fingerprint density at radius 3 is 2.43 bits per heavy atom. The number of rotatable bonds is 6. The fourth-order valence-electron chi connectivity index (χ4n) is 2.82. The first-order valence-electron chi connectivity index (χ1n) is 9.09. The standard InChI is InChI=1S/C22H24N2O3S/c1-15(2)14-24-21(25)20(28-22(24)23-17-8-6-5-7-9-17)13-16-10-11-18(26-3)19(12-16)27-4/h5-13,15H,14H2,1-4H3/b20-13+,23-22?. The molecule has 146 valence electrons. The number of aliphatic imine (C=N–C) groups is 1. The van der Waals surface area contributed by atoms with E-state index in [4.69, 9.17) is 14.5 Å². The van der Waals surface area contributed by atoms with E-state index in [2.05, 4.69) is 13.8 Å².